The van der Waals surface area contributed by atoms with Crippen LogP contribution >= 0.6 is 0 Å². The standard InChI is InChI=1S/C36H18N4/c37-19-21-12-14-25-28-18-32-34(35-26-15-13-22(20-38)17-31(26)40(36(28)35)30(25)16-21)27-10-4-6-23-7-5-11-29(33(23)27)39(32)24-8-2-1-3-9-24/h1-18H. The second kappa shape index (κ2) is 7.38. The molecule has 0 amide bonds. The van der Waals surface area contributed by atoms with Gasteiger partial charge in [-0.15, -0.1) is 0 Å². The molecule has 0 radical (unpaired) electrons. The number of fused-ring (bicyclic) bond motifs is 9. The van der Waals surface area contributed by atoms with Crippen LogP contribution < -0.4 is 0 Å². The smallest absolute Gasteiger partial charge is 0.0992 e. The van der Waals surface area contributed by atoms with E-state index in [2.05, 4.69) is 106 Å². The van der Waals surface area contributed by atoms with Gasteiger partial charge in [-0.1, -0.05) is 60.7 Å². The van der Waals surface area contributed by atoms with Crippen LogP contribution in [0.2, 0.25) is 0 Å². The summed E-state index contributed by atoms with van der Waals surface area (Å²) in [5.74, 6) is 0. The maximum atomic E-state index is 9.78. The third kappa shape index (κ3) is 2.48. The number of rotatable bonds is 1. The fourth-order valence-corrected chi connectivity index (χ4v) is 6.89. The molecule has 0 aliphatic rings. The minimum absolute atomic E-state index is 0.616. The molecule has 0 N–H and O–H groups in total. The van der Waals surface area contributed by atoms with Crippen LogP contribution in [0.3, 0.4) is 0 Å². The highest BCUT2D eigenvalue weighted by Gasteiger charge is 2.24. The Kier molecular flexibility index (Phi) is 3.90. The summed E-state index contributed by atoms with van der Waals surface area (Å²) in [6.07, 6.45) is 0. The van der Waals surface area contributed by atoms with E-state index in [0.29, 0.717) is 11.1 Å². The fourth-order valence-electron chi connectivity index (χ4n) is 6.89. The Hall–Kier alpha value is -5.84. The van der Waals surface area contributed by atoms with Crippen LogP contribution in [-0.2, 0) is 0 Å². The normalized spacial score (nSPS) is 11.9. The molecular formula is C36H18N4. The van der Waals surface area contributed by atoms with Gasteiger partial charge in [0.1, 0.15) is 0 Å². The SMILES string of the molecule is N#Cc1ccc2c3cc4c(c5cccc6cccc(c65)n4-c4ccccc4)c4c5ccc(C#N)cc5n(c2c1)c34. The molecule has 0 saturated heterocycles. The molecule has 0 atom stereocenters. The Bertz CT molecular complexity index is 2600. The van der Waals surface area contributed by atoms with Crippen molar-refractivity contribution in [2.45, 2.75) is 0 Å². The highest BCUT2D eigenvalue weighted by Crippen LogP contribution is 2.47. The summed E-state index contributed by atoms with van der Waals surface area (Å²) < 4.78 is 4.64. The monoisotopic (exact) mass is 506 g/mol. The number of para-hydroxylation sites is 1. The van der Waals surface area contributed by atoms with Gasteiger partial charge in [-0.05, 0) is 59.3 Å². The lowest BCUT2D eigenvalue weighted by Crippen LogP contribution is -2.01. The molecule has 0 fully saturated rings. The van der Waals surface area contributed by atoms with E-state index in [1.165, 1.54) is 26.9 Å². The topological polar surface area (TPSA) is 56.9 Å². The van der Waals surface area contributed by atoms with Crippen LogP contribution in [0.4, 0.5) is 0 Å². The first kappa shape index (κ1) is 21.1. The van der Waals surface area contributed by atoms with Gasteiger partial charge in [0, 0.05) is 38.0 Å². The summed E-state index contributed by atoms with van der Waals surface area (Å²) in [6.45, 7) is 0. The number of aromatic nitrogens is 2. The minimum Gasteiger partial charge on any atom is -0.309 e. The molecule has 40 heavy (non-hydrogen) atoms. The fraction of sp³-hybridized carbons (Fsp3) is 0. The van der Waals surface area contributed by atoms with Crippen LogP contribution in [0.5, 0.6) is 0 Å². The third-order valence-corrected chi connectivity index (χ3v) is 8.45. The first-order valence-electron chi connectivity index (χ1n) is 13.2. The van der Waals surface area contributed by atoms with Gasteiger partial charge in [0.25, 0.3) is 0 Å². The van der Waals surface area contributed by atoms with Gasteiger partial charge in [0.2, 0.25) is 0 Å². The first-order chi connectivity index (χ1) is 19.8. The van der Waals surface area contributed by atoms with E-state index >= 15 is 0 Å². The zero-order valence-corrected chi connectivity index (χ0v) is 21.2. The number of nitrogens with zero attached hydrogens (tertiary/aromatic N) is 4. The van der Waals surface area contributed by atoms with Gasteiger partial charge < -0.3 is 8.97 Å². The Morgan fingerprint density at radius 1 is 0.475 bits per heavy atom. The van der Waals surface area contributed by atoms with Gasteiger partial charge in [-0.25, -0.2) is 0 Å². The summed E-state index contributed by atoms with van der Waals surface area (Å²) in [6, 6.07) is 42.5. The van der Waals surface area contributed by atoms with Gasteiger partial charge in [0.15, 0.2) is 0 Å². The predicted octanol–water partition coefficient (Wildman–Crippen LogP) is 8.83. The zero-order valence-electron chi connectivity index (χ0n) is 21.2. The average Bonchev–Trinajstić information content (AvgIpc) is 3.52. The molecule has 0 spiro atoms. The van der Waals surface area contributed by atoms with Crippen molar-refractivity contribution >= 4 is 70.7 Å². The maximum absolute atomic E-state index is 9.78. The summed E-state index contributed by atoms with van der Waals surface area (Å²) in [7, 11) is 0. The van der Waals surface area contributed by atoms with Crippen molar-refractivity contribution in [2.24, 2.45) is 0 Å². The molecule has 4 nitrogen and oxygen atoms in total. The van der Waals surface area contributed by atoms with Crippen molar-refractivity contribution in [3.63, 3.8) is 0 Å². The third-order valence-electron chi connectivity index (χ3n) is 8.45. The summed E-state index contributed by atoms with van der Waals surface area (Å²) in [5.41, 5.74) is 7.70. The van der Waals surface area contributed by atoms with E-state index in [0.717, 1.165) is 49.4 Å². The highest BCUT2D eigenvalue weighted by molar-refractivity contribution is 6.37. The Morgan fingerprint density at radius 2 is 1.18 bits per heavy atom. The molecule has 0 unspecified atom stereocenters. The van der Waals surface area contributed by atoms with E-state index in [-0.39, 0.29) is 0 Å². The largest absolute Gasteiger partial charge is 0.309 e. The lowest BCUT2D eigenvalue weighted by atomic mass is 9.94. The summed E-state index contributed by atoms with van der Waals surface area (Å²) >= 11 is 0. The zero-order chi connectivity index (χ0) is 26.5. The molecule has 3 heterocycles. The summed E-state index contributed by atoms with van der Waals surface area (Å²) in [5, 5.41) is 28.8. The molecule has 0 aliphatic carbocycles. The van der Waals surface area contributed by atoms with Gasteiger partial charge in [-0.2, -0.15) is 10.5 Å². The molecule has 182 valence electrons. The van der Waals surface area contributed by atoms with Crippen molar-refractivity contribution in [3.05, 3.63) is 120 Å². The number of nitriles is 2. The van der Waals surface area contributed by atoms with E-state index < -0.39 is 0 Å². The van der Waals surface area contributed by atoms with E-state index in [1.807, 2.05) is 24.3 Å². The van der Waals surface area contributed by atoms with Crippen molar-refractivity contribution in [3.8, 4) is 17.8 Å². The molecule has 6 aromatic carbocycles. The van der Waals surface area contributed by atoms with Gasteiger partial charge in [-0.3, -0.25) is 0 Å². The number of pyridine rings is 1. The van der Waals surface area contributed by atoms with Crippen molar-refractivity contribution < 1.29 is 0 Å². The van der Waals surface area contributed by atoms with E-state index in [4.69, 9.17) is 0 Å². The molecule has 3 aromatic heterocycles. The predicted molar refractivity (Wildman–Crippen MR) is 162 cm³/mol. The highest BCUT2D eigenvalue weighted by atomic mass is 15.0. The second-order valence-corrected chi connectivity index (χ2v) is 10.4. The van der Waals surface area contributed by atoms with Crippen molar-refractivity contribution in [1.29, 1.82) is 10.5 Å². The number of hydrogen-bond donors (Lipinski definition) is 0. The number of benzene rings is 6. The van der Waals surface area contributed by atoms with Crippen LogP contribution in [0.15, 0.2) is 109 Å². The summed E-state index contributed by atoms with van der Waals surface area (Å²) in [4.78, 5) is 0. The number of hydrogen-bond acceptors (Lipinski definition) is 2. The molecular weight excluding hydrogens is 488 g/mol. The Labute approximate surface area is 228 Å². The second-order valence-electron chi connectivity index (χ2n) is 10.4. The van der Waals surface area contributed by atoms with Crippen LogP contribution in [0.1, 0.15) is 11.1 Å². The molecule has 4 heteroatoms. The lowest BCUT2D eigenvalue weighted by Gasteiger charge is -2.20. The Morgan fingerprint density at radius 3 is 1.93 bits per heavy atom. The molecule has 0 aliphatic heterocycles. The maximum Gasteiger partial charge on any atom is 0.0992 e. The average molecular weight is 507 g/mol. The molecule has 9 rings (SSSR count). The molecule has 9 aromatic rings. The van der Waals surface area contributed by atoms with Gasteiger partial charge >= 0.3 is 0 Å². The molecule has 0 saturated carbocycles. The van der Waals surface area contributed by atoms with Crippen LogP contribution in [0, 0.1) is 22.7 Å². The van der Waals surface area contributed by atoms with Crippen LogP contribution in [-0.4, -0.2) is 8.97 Å². The van der Waals surface area contributed by atoms with Crippen LogP contribution in [0.25, 0.3) is 76.4 Å². The van der Waals surface area contributed by atoms with E-state index in [1.54, 1.807) is 0 Å². The van der Waals surface area contributed by atoms with E-state index in [9.17, 15) is 10.5 Å². The minimum atomic E-state index is 0.616. The van der Waals surface area contributed by atoms with Crippen molar-refractivity contribution in [2.75, 3.05) is 0 Å². The Balaban J connectivity index is 1.68. The van der Waals surface area contributed by atoms with Crippen molar-refractivity contribution in [1.82, 2.24) is 8.97 Å². The van der Waals surface area contributed by atoms with Gasteiger partial charge in [0.05, 0.1) is 50.8 Å². The lowest BCUT2D eigenvalue weighted by molar-refractivity contribution is 1.17. The molecule has 0 bridgehead atoms. The quantitative estimate of drug-likeness (QED) is 0.165. The first-order valence-corrected chi connectivity index (χ1v) is 13.2.